The lowest BCUT2D eigenvalue weighted by Crippen LogP contribution is -2.36. The van der Waals surface area contributed by atoms with Crippen molar-refractivity contribution in [2.45, 2.75) is 19.0 Å². The van der Waals surface area contributed by atoms with Crippen LogP contribution in [0.25, 0.3) is 0 Å². The number of fused-ring (bicyclic) bond motifs is 2. The number of carbonyl (C=O) groups is 1. The van der Waals surface area contributed by atoms with Crippen LogP contribution in [0.1, 0.15) is 27.6 Å². The number of para-hydroxylation sites is 2. The summed E-state index contributed by atoms with van der Waals surface area (Å²) < 4.78 is 8.17. The van der Waals surface area contributed by atoms with Crippen molar-refractivity contribution >= 4 is 17.2 Å². The van der Waals surface area contributed by atoms with Gasteiger partial charge in [0.1, 0.15) is 11.5 Å². The first-order valence-electron chi connectivity index (χ1n) is 9.98. The summed E-state index contributed by atoms with van der Waals surface area (Å²) in [7, 11) is 2.02. The van der Waals surface area contributed by atoms with Crippen LogP contribution in [0, 0.1) is 0 Å². The molecule has 0 saturated heterocycles. The van der Waals surface area contributed by atoms with Crippen molar-refractivity contribution in [1.82, 2.24) is 9.47 Å². The van der Waals surface area contributed by atoms with Gasteiger partial charge in [0.05, 0.1) is 19.0 Å². The molecule has 0 radical (unpaired) electrons. The molecule has 0 aliphatic carbocycles. The molecule has 0 spiro atoms. The summed E-state index contributed by atoms with van der Waals surface area (Å²) in [6.45, 7) is 1.14. The Morgan fingerprint density at radius 1 is 0.933 bits per heavy atom. The summed E-state index contributed by atoms with van der Waals surface area (Å²) >= 11 is 1.68. The fraction of sp³-hybridized carbons (Fsp3) is 0.160. The summed E-state index contributed by atoms with van der Waals surface area (Å²) in [6, 6.07) is 23.9. The Morgan fingerprint density at radius 3 is 2.23 bits per heavy atom. The topological polar surface area (TPSA) is 34.5 Å². The van der Waals surface area contributed by atoms with Gasteiger partial charge < -0.3 is 14.2 Å². The zero-order valence-electron chi connectivity index (χ0n) is 16.7. The Morgan fingerprint density at radius 2 is 1.63 bits per heavy atom. The lowest BCUT2D eigenvalue weighted by molar-refractivity contribution is -0.133. The predicted octanol–water partition coefficient (Wildman–Crippen LogP) is 5.55. The third-order valence-corrected chi connectivity index (χ3v) is 6.43. The first-order chi connectivity index (χ1) is 14.7. The standard InChI is InChI=1S/C25H22N2O2S/c1-26-14-6-8-18(26)16-27(17-19-9-7-15-30-19)25(28)24-20-10-2-4-12-22(20)29-23-13-5-3-11-21(23)24/h2-15,24H,16-17H2,1H3. The monoisotopic (exact) mass is 414 g/mol. The van der Waals surface area contributed by atoms with Crippen LogP contribution in [0.5, 0.6) is 11.5 Å². The van der Waals surface area contributed by atoms with E-state index in [0.29, 0.717) is 13.1 Å². The molecule has 0 saturated carbocycles. The maximum Gasteiger partial charge on any atom is 0.235 e. The number of amides is 1. The largest absolute Gasteiger partial charge is 0.457 e. The number of aromatic nitrogens is 1. The SMILES string of the molecule is Cn1cccc1CN(Cc1cccs1)C(=O)C1c2ccccc2Oc2ccccc21. The van der Waals surface area contributed by atoms with Crippen molar-refractivity contribution in [2.24, 2.45) is 7.05 Å². The average molecular weight is 415 g/mol. The van der Waals surface area contributed by atoms with E-state index in [1.807, 2.05) is 78.8 Å². The van der Waals surface area contributed by atoms with Gasteiger partial charge in [-0.15, -0.1) is 11.3 Å². The van der Waals surface area contributed by atoms with Crippen LogP contribution in [-0.4, -0.2) is 15.4 Å². The number of hydrogen-bond donors (Lipinski definition) is 0. The molecule has 0 atom stereocenters. The van der Waals surface area contributed by atoms with Gasteiger partial charge in [0.25, 0.3) is 0 Å². The molecule has 5 rings (SSSR count). The van der Waals surface area contributed by atoms with Crippen LogP contribution in [-0.2, 0) is 24.9 Å². The Labute approximate surface area is 180 Å². The van der Waals surface area contributed by atoms with Gasteiger partial charge in [-0.3, -0.25) is 4.79 Å². The molecule has 0 unspecified atom stereocenters. The maximum absolute atomic E-state index is 14.1. The first kappa shape index (κ1) is 18.7. The van der Waals surface area contributed by atoms with Crippen LogP contribution >= 0.6 is 11.3 Å². The van der Waals surface area contributed by atoms with Crippen LogP contribution in [0.4, 0.5) is 0 Å². The average Bonchev–Trinajstić information content (AvgIpc) is 3.43. The molecule has 0 fully saturated rings. The molecule has 2 aromatic heterocycles. The molecule has 0 N–H and O–H groups in total. The van der Waals surface area contributed by atoms with Gasteiger partial charge >= 0.3 is 0 Å². The maximum atomic E-state index is 14.1. The highest BCUT2D eigenvalue weighted by Crippen LogP contribution is 2.45. The van der Waals surface area contributed by atoms with Crippen molar-refractivity contribution in [3.05, 3.63) is 106 Å². The summed E-state index contributed by atoms with van der Waals surface area (Å²) in [5, 5.41) is 2.06. The number of hydrogen-bond acceptors (Lipinski definition) is 3. The fourth-order valence-corrected chi connectivity index (χ4v) is 4.74. The van der Waals surface area contributed by atoms with E-state index >= 15 is 0 Å². The van der Waals surface area contributed by atoms with E-state index in [2.05, 4.69) is 22.1 Å². The predicted molar refractivity (Wildman–Crippen MR) is 119 cm³/mol. The van der Waals surface area contributed by atoms with Gasteiger partial charge in [0.15, 0.2) is 0 Å². The second-order valence-electron chi connectivity index (χ2n) is 7.49. The molecule has 1 aliphatic rings. The fourth-order valence-electron chi connectivity index (χ4n) is 4.02. The molecule has 1 aliphatic heterocycles. The minimum atomic E-state index is -0.383. The van der Waals surface area contributed by atoms with E-state index in [9.17, 15) is 4.79 Å². The van der Waals surface area contributed by atoms with Crippen molar-refractivity contribution in [2.75, 3.05) is 0 Å². The van der Waals surface area contributed by atoms with Crippen LogP contribution in [0.3, 0.4) is 0 Å². The van der Waals surface area contributed by atoms with E-state index in [4.69, 9.17) is 4.74 Å². The molecular formula is C25H22N2O2S. The second kappa shape index (κ2) is 7.84. The zero-order valence-corrected chi connectivity index (χ0v) is 17.5. The number of rotatable bonds is 5. The highest BCUT2D eigenvalue weighted by molar-refractivity contribution is 7.09. The normalized spacial score (nSPS) is 12.7. The minimum Gasteiger partial charge on any atom is -0.457 e. The highest BCUT2D eigenvalue weighted by atomic mass is 32.1. The highest BCUT2D eigenvalue weighted by Gasteiger charge is 2.35. The Balaban J connectivity index is 1.56. The van der Waals surface area contributed by atoms with E-state index in [-0.39, 0.29) is 11.8 Å². The minimum absolute atomic E-state index is 0.0906. The van der Waals surface area contributed by atoms with E-state index in [0.717, 1.165) is 28.3 Å². The Kier molecular flexibility index (Phi) is 4.89. The molecule has 1 amide bonds. The number of carbonyl (C=O) groups excluding carboxylic acids is 1. The zero-order chi connectivity index (χ0) is 20.5. The molecule has 4 aromatic rings. The summed E-state index contributed by atoms with van der Waals surface area (Å²) in [4.78, 5) is 17.2. The lowest BCUT2D eigenvalue weighted by atomic mass is 9.86. The molecule has 2 aromatic carbocycles. The van der Waals surface area contributed by atoms with E-state index in [1.165, 1.54) is 4.88 Å². The molecule has 4 nitrogen and oxygen atoms in total. The third-order valence-electron chi connectivity index (χ3n) is 5.57. The third kappa shape index (κ3) is 3.42. The van der Waals surface area contributed by atoms with Crippen LogP contribution in [0.2, 0.25) is 0 Å². The number of nitrogens with zero attached hydrogens (tertiary/aromatic N) is 2. The van der Waals surface area contributed by atoms with Crippen LogP contribution < -0.4 is 4.74 Å². The molecule has 5 heteroatoms. The molecule has 150 valence electrons. The summed E-state index contributed by atoms with van der Waals surface area (Å²) in [5.74, 6) is 1.22. The van der Waals surface area contributed by atoms with Gasteiger partial charge in [-0.25, -0.2) is 0 Å². The second-order valence-corrected chi connectivity index (χ2v) is 8.53. The first-order valence-corrected chi connectivity index (χ1v) is 10.9. The van der Waals surface area contributed by atoms with Gasteiger partial charge in [-0.2, -0.15) is 0 Å². The Bertz CT molecular complexity index is 1130. The van der Waals surface area contributed by atoms with Crippen molar-refractivity contribution in [3.8, 4) is 11.5 Å². The Hall–Kier alpha value is -3.31. The van der Waals surface area contributed by atoms with Gasteiger partial charge in [-0.1, -0.05) is 42.5 Å². The molecule has 0 bridgehead atoms. The van der Waals surface area contributed by atoms with Gasteiger partial charge in [0, 0.05) is 34.9 Å². The molecule has 30 heavy (non-hydrogen) atoms. The number of ether oxygens (including phenoxy) is 1. The molecular weight excluding hydrogens is 392 g/mol. The number of aryl methyl sites for hydroxylation is 1. The van der Waals surface area contributed by atoms with Crippen molar-refractivity contribution in [3.63, 3.8) is 0 Å². The van der Waals surface area contributed by atoms with Crippen molar-refractivity contribution in [1.29, 1.82) is 0 Å². The lowest BCUT2D eigenvalue weighted by Gasteiger charge is -2.32. The van der Waals surface area contributed by atoms with Gasteiger partial charge in [-0.05, 0) is 35.7 Å². The number of thiophene rings is 1. The summed E-state index contributed by atoms with van der Waals surface area (Å²) in [6.07, 6.45) is 2.02. The smallest absolute Gasteiger partial charge is 0.235 e. The van der Waals surface area contributed by atoms with E-state index < -0.39 is 0 Å². The summed E-state index contributed by atoms with van der Waals surface area (Å²) in [5.41, 5.74) is 2.95. The number of benzene rings is 2. The van der Waals surface area contributed by atoms with Crippen LogP contribution in [0.15, 0.2) is 84.4 Å². The quantitative estimate of drug-likeness (QED) is 0.429. The molecule has 3 heterocycles. The van der Waals surface area contributed by atoms with Crippen molar-refractivity contribution < 1.29 is 9.53 Å². The van der Waals surface area contributed by atoms with Gasteiger partial charge in [0.2, 0.25) is 5.91 Å². The van der Waals surface area contributed by atoms with E-state index in [1.54, 1.807) is 11.3 Å².